The van der Waals surface area contributed by atoms with E-state index in [0.29, 0.717) is 10.0 Å². The maximum Gasteiger partial charge on any atom is 0.0814 e. The number of hydrogen-bond acceptors (Lipinski definition) is 3. The second-order valence-electron chi connectivity index (χ2n) is 3.41. The van der Waals surface area contributed by atoms with Gasteiger partial charge in [-0.15, -0.1) is 11.3 Å². The van der Waals surface area contributed by atoms with Crippen molar-refractivity contribution in [3.63, 3.8) is 0 Å². The predicted octanol–water partition coefficient (Wildman–Crippen LogP) is 4.37. The zero-order chi connectivity index (χ0) is 12.4. The molecular weight excluding hydrogens is 343 g/mol. The summed E-state index contributed by atoms with van der Waals surface area (Å²) in [6, 6.07) is 7.39. The van der Waals surface area contributed by atoms with Crippen LogP contribution in [0, 0.1) is 0 Å². The molecule has 17 heavy (non-hydrogen) atoms. The number of hydrogen-bond donors (Lipinski definition) is 2. The average Bonchev–Trinajstić information content (AvgIpc) is 2.71. The highest BCUT2D eigenvalue weighted by Gasteiger charge is 2.17. The van der Waals surface area contributed by atoms with Gasteiger partial charge in [-0.1, -0.05) is 29.3 Å². The first-order chi connectivity index (χ1) is 8.13. The first kappa shape index (κ1) is 13.3. The number of rotatable bonds is 3. The lowest BCUT2D eigenvalue weighted by Crippen LogP contribution is -2.28. The Bertz CT molecular complexity index is 530. The van der Waals surface area contributed by atoms with E-state index in [-0.39, 0.29) is 6.04 Å². The zero-order valence-electron chi connectivity index (χ0n) is 8.58. The van der Waals surface area contributed by atoms with Crippen LogP contribution in [0.3, 0.4) is 0 Å². The third kappa shape index (κ3) is 2.84. The van der Waals surface area contributed by atoms with Crippen LogP contribution in [-0.4, -0.2) is 0 Å². The lowest BCUT2D eigenvalue weighted by Gasteiger charge is -2.16. The molecule has 0 fully saturated rings. The van der Waals surface area contributed by atoms with Crippen molar-refractivity contribution in [2.75, 3.05) is 0 Å². The molecule has 3 N–H and O–H groups in total. The molecule has 1 heterocycles. The van der Waals surface area contributed by atoms with E-state index in [2.05, 4.69) is 21.4 Å². The fourth-order valence-corrected chi connectivity index (χ4v) is 3.52. The fraction of sp³-hybridized carbons (Fsp3) is 0.0909. The van der Waals surface area contributed by atoms with Crippen molar-refractivity contribution in [2.24, 2.45) is 5.84 Å². The van der Waals surface area contributed by atoms with Gasteiger partial charge < -0.3 is 0 Å². The van der Waals surface area contributed by atoms with E-state index in [1.54, 1.807) is 17.4 Å². The van der Waals surface area contributed by atoms with Gasteiger partial charge in [-0.05, 0) is 45.1 Å². The SMILES string of the molecule is NNC(c1ccc(Cl)c(Cl)c1)c1sccc1Br. The van der Waals surface area contributed by atoms with Crippen molar-refractivity contribution in [3.8, 4) is 0 Å². The lowest BCUT2D eigenvalue weighted by molar-refractivity contribution is 0.645. The van der Waals surface area contributed by atoms with Crippen LogP contribution in [0.2, 0.25) is 10.0 Å². The molecule has 0 saturated carbocycles. The van der Waals surface area contributed by atoms with Crippen molar-refractivity contribution in [3.05, 3.63) is 54.6 Å². The average molecular weight is 352 g/mol. The summed E-state index contributed by atoms with van der Waals surface area (Å²) in [6.07, 6.45) is 0. The number of thiophene rings is 1. The van der Waals surface area contributed by atoms with Crippen LogP contribution in [0.15, 0.2) is 34.1 Å². The van der Waals surface area contributed by atoms with Gasteiger partial charge in [-0.25, -0.2) is 5.43 Å². The zero-order valence-corrected chi connectivity index (χ0v) is 12.5. The topological polar surface area (TPSA) is 38.0 Å². The van der Waals surface area contributed by atoms with Gasteiger partial charge in [-0.3, -0.25) is 5.84 Å². The van der Waals surface area contributed by atoms with Gasteiger partial charge in [0.2, 0.25) is 0 Å². The second-order valence-corrected chi connectivity index (χ2v) is 6.02. The van der Waals surface area contributed by atoms with Gasteiger partial charge in [-0.2, -0.15) is 0 Å². The number of benzene rings is 1. The maximum absolute atomic E-state index is 6.01. The highest BCUT2D eigenvalue weighted by Crippen LogP contribution is 2.34. The van der Waals surface area contributed by atoms with E-state index in [1.165, 1.54) is 0 Å². The summed E-state index contributed by atoms with van der Waals surface area (Å²) < 4.78 is 1.02. The molecule has 1 atom stereocenters. The molecule has 0 aliphatic heterocycles. The van der Waals surface area contributed by atoms with E-state index in [9.17, 15) is 0 Å². The molecule has 0 spiro atoms. The van der Waals surface area contributed by atoms with E-state index in [1.807, 2.05) is 23.6 Å². The van der Waals surface area contributed by atoms with Crippen molar-refractivity contribution in [1.82, 2.24) is 5.43 Å². The number of hydrazine groups is 1. The molecule has 0 bridgehead atoms. The van der Waals surface area contributed by atoms with E-state index in [4.69, 9.17) is 29.0 Å². The molecule has 0 radical (unpaired) electrons. The largest absolute Gasteiger partial charge is 0.271 e. The van der Waals surface area contributed by atoms with Crippen LogP contribution >= 0.6 is 50.5 Å². The molecule has 0 saturated heterocycles. The minimum Gasteiger partial charge on any atom is -0.271 e. The maximum atomic E-state index is 6.01. The Morgan fingerprint density at radius 3 is 2.53 bits per heavy atom. The molecule has 6 heteroatoms. The van der Waals surface area contributed by atoms with Gasteiger partial charge in [0.25, 0.3) is 0 Å². The highest BCUT2D eigenvalue weighted by atomic mass is 79.9. The van der Waals surface area contributed by atoms with Crippen LogP contribution < -0.4 is 11.3 Å². The summed E-state index contributed by atoms with van der Waals surface area (Å²) in [6.45, 7) is 0. The standard InChI is InChI=1S/C11H9BrCl2N2S/c12-7-3-4-17-11(7)10(16-15)6-1-2-8(13)9(14)5-6/h1-5,10,16H,15H2. The first-order valence-electron chi connectivity index (χ1n) is 4.77. The van der Waals surface area contributed by atoms with Crippen LogP contribution in [0.4, 0.5) is 0 Å². The molecule has 0 amide bonds. The Kier molecular flexibility index (Phi) is 4.47. The summed E-state index contributed by atoms with van der Waals surface area (Å²) >= 11 is 17.0. The molecular formula is C11H9BrCl2N2S. The molecule has 2 nitrogen and oxygen atoms in total. The Morgan fingerprint density at radius 1 is 1.24 bits per heavy atom. The lowest BCUT2D eigenvalue weighted by atomic mass is 10.1. The molecule has 90 valence electrons. The summed E-state index contributed by atoms with van der Waals surface area (Å²) in [7, 11) is 0. The molecule has 2 aromatic rings. The Hall–Kier alpha value is -0.100. The van der Waals surface area contributed by atoms with Crippen LogP contribution in [0.1, 0.15) is 16.5 Å². The summed E-state index contributed by atoms with van der Waals surface area (Å²) in [5.41, 5.74) is 3.76. The number of halogens is 3. The quantitative estimate of drug-likeness (QED) is 0.636. The van der Waals surface area contributed by atoms with Gasteiger partial charge in [0, 0.05) is 9.35 Å². The second kappa shape index (κ2) is 5.69. The van der Waals surface area contributed by atoms with Gasteiger partial charge in [0.05, 0.1) is 16.1 Å². The normalized spacial score (nSPS) is 12.7. The van der Waals surface area contributed by atoms with Crippen LogP contribution in [0.25, 0.3) is 0 Å². The van der Waals surface area contributed by atoms with Gasteiger partial charge >= 0.3 is 0 Å². The van der Waals surface area contributed by atoms with E-state index in [0.717, 1.165) is 14.9 Å². The predicted molar refractivity (Wildman–Crippen MR) is 77.6 cm³/mol. The van der Waals surface area contributed by atoms with Crippen LogP contribution in [-0.2, 0) is 0 Å². The summed E-state index contributed by atoms with van der Waals surface area (Å²) in [5.74, 6) is 5.61. The number of nitrogens with two attached hydrogens (primary N) is 1. The van der Waals surface area contributed by atoms with E-state index >= 15 is 0 Å². The number of nitrogens with one attached hydrogen (secondary N) is 1. The fourth-order valence-electron chi connectivity index (χ4n) is 1.53. The van der Waals surface area contributed by atoms with Gasteiger partial charge in [0.15, 0.2) is 0 Å². The Balaban J connectivity index is 2.42. The minimum atomic E-state index is -0.0980. The van der Waals surface area contributed by atoms with Crippen molar-refractivity contribution in [1.29, 1.82) is 0 Å². The molecule has 0 aliphatic carbocycles. The van der Waals surface area contributed by atoms with Crippen molar-refractivity contribution in [2.45, 2.75) is 6.04 Å². The van der Waals surface area contributed by atoms with Gasteiger partial charge in [0.1, 0.15) is 0 Å². The molecule has 1 aromatic heterocycles. The van der Waals surface area contributed by atoms with Crippen LogP contribution in [0.5, 0.6) is 0 Å². The smallest absolute Gasteiger partial charge is 0.0814 e. The third-order valence-corrected chi connectivity index (χ3v) is 5.03. The van der Waals surface area contributed by atoms with Crippen molar-refractivity contribution >= 4 is 50.5 Å². The summed E-state index contributed by atoms with van der Waals surface area (Å²) in [5, 5.41) is 3.06. The third-order valence-electron chi connectivity index (χ3n) is 2.35. The Morgan fingerprint density at radius 2 is 2.00 bits per heavy atom. The Labute approximate surface area is 122 Å². The molecule has 1 unspecified atom stereocenters. The monoisotopic (exact) mass is 350 g/mol. The highest BCUT2D eigenvalue weighted by molar-refractivity contribution is 9.10. The molecule has 2 rings (SSSR count). The minimum absolute atomic E-state index is 0.0980. The first-order valence-corrected chi connectivity index (χ1v) is 7.20. The van der Waals surface area contributed by atoms with Crippen molar-refractivity contribution < 1.29 is 0 Å². The van der Waals surface area contributed by atoms with E-state index < -0.39 is 0 Å². The molecule has 1 aromatic carbocycles. The molecule has 0 aliphatic rings. The summed E-state index contributed by atoms with van der Waals surface area (Å²) in [4.78, 5) is 1.10.